The number of likely N-dealkylation sites (tertiary alicyclic amines) is 1. The molecule has 0 unspecified atom stereocenters. The number of carbonyl (C=O) groups excluding carboxylic acids is 3. The lowest BCUT2D eigenvalue weighted by atomic mass is 10.00. The van der Waals surface area contributed by atoms with Gasteiger partial charge in [0.25, 0.3) is 0 Å². The maximum atomic E-state index is 14.2. The molecule has 2 atom stereocenters. The van der Waals surface area contributed by atoms with E-state index in [0.29, 0.717) is 58.9 Å². The topological polar surface area (TPSA) is 179 Å². The Morgan fingerprint density at radius 1 is 1.00 bits per heavy atom. The second kappa shape index (κ2) is 15.8. The van der Waals surface area contributed by atoms with Crippen LogP contribution in [0, 0.1) is 5.92 Å². The summed E-state index contributed by atoms with van der Waals surface area (Å²) >= 11 is 0. The van der Waals surface area contributed by atoms with Crippen LogP contribution in [0.2, 0.25) is 0 Å². The van der Waals surface area contributed by atoms with E-state index in [1.165, 1.54) is 7.11 Å². The number of nitrogens with zero attached hydrogens (tertiary/aromatic N) is 4. The summed E-state index contributed by atoms with van der Waals surface area (Å²) in [7, 11) is 3.06. The zero-order chi connectivity index (χ0) is 38.8. The third-order valence-corrected chi connectivity index (χ3v) is 10.3. The number of hydrogen-bond acceptors (Lipinski definition) is 9. The number of aromatic nitrogens is 4. The number of benzene rings is 3. The summed E-state index contributed by atoms with van der Waals surface area (Å²) in [6.07, 6.45) is 5.19. The fraction of sp³-hybridized carbons (Fsp3) is 0.366. The number of likely N-dealkylation sites (N-methyl/N-ethyl adjacent to an activating group) is 1. The third-order valence-electron chi connectivity index (χ3n) is 10.3. The van der Waals surface area contributed by atoms with Crippen molar-refractivity contribution in [3.05, 3.63) is 82.8 Å². The summed E-state index contributed by atoms with van der Waals surface area (Å²) in [6, 6.07) is 14.6. The molecule has 0 bridgehead atoms. The first-order valence-electron chi connectivity index (χ1n) is 18.7. The fourth-order valence-electron chi connectivity index (χ4n) is 7.58. The highest BCUT2D eigenvalue weighted by Crippen LogP contribution is 2.33. The van der Waals surface area contributed by atoms with Gasteiger partial charge in [0, 0.05) is 24.2 Å². The molecule has 7 rings (SSSR count). The minimum atomic E-state index is -0.663. The van der Waals surface area contributed by atoms with Gasteiger partial charge in [-0.1, -0.05) is 39.0 Å². The van der Waals surface area contributed by atoms with Gasteiger partial charge in [-0.2, -0.15) is 0 Å². The fourth-order valence-corrected chi connectivity index (χ4v) is 7.58. The number of methoxy groups -OCH3 is 1. The van der Waals surface area contributed by atoms with Crippen molar-refractivity contribution in [1.82, 2.24) is 40.4 Å². The van der Waals surface area contributed by atoms with Gasteiger partial charge in [-0.3, -0.25) is 14.4 Å². The van der Waals surface area contributed by atoms with Crippen molar-refractivity contribution >= 4 is 50.6 Å². The Morgan fingerprint density at radius 3 is 2.51 bits per heavy atom. The summed E-state index contributed by atoms with van der Waals surface area (Å²) < 4.78 is 10.9. The van der Waals surface area contributed by atoms with Gasteiger partial charge in [-0.15, -0.1) is 0 Å². The molecular weight excluding hydrogens is 701 g/mol. The molecule has 0 saturated carbocycles. The van der Waals surface area contributed by atoms with Crippen LogP contribution in [0.25, 0.3) is 55.2 Å². The summed E-state index contributed by atoms with van der Waals surface area (Å²) in [5, 5.41) is 8.17. The summed E-state index contributed by atoms with van der Waals surface area (Å²) in [6.45, 7) is 7.52. The monoisotopic (exact) mass is 746 g/mol. The van der Waals surface area contributed by atoms with Crippen molar-refractivity contribution in [2.45, 2.75) is 58.7 Å². The maximum Gasteiger partial charge on any atom is 0.407 e. The number of fused-ring (bicyclic) bond motifs is 4. The first-order valence-corrected chi connectivity index (χ1v) is 18.7. The number of H-pyrrole nitrogens is 2. The average molecular weight is 747 g/mol. The first kappa shape index (κ1) is 37.3. The average Bonchev–Trinajstić information content (AvgIpc) is 3.98. The van der Waals surface area contributed by atoms with Crippen molar-refractivity contribution < 1.29 is 23.5 Å². The smallest absolute Gasteiger partial charge is 0.407 e. The molecule has 3 aromatic heterocycles. The Labute approximate surface area is 317 Å². The van der Waals surface area contributed by atoms with E-state index in [2.05, 4.69) is 42.2 Å². The zero-order valence-corrected chi connectivity index (χ0v) is 31.7. The van der Waals surface area contributed by atoms with E-state index in [1.54, 1.807) is 23.4 Å². The van der Waals surface area contributed by atoms with Crippen LogP contribution in [0.15, 0.2) is 70.1 Å². The van der Waals surface area contributed by atoms with Crippen LogP contribution < -0.4 is 16.1 Å². The third kappa shape index (κ3) is 7.41. The number of nitrogens with one attached hydrogen (secondary N) is 4. The molecule has 1 fully saturated rings. The summed E-state index contributed by atoms with van der Waals surface area (Å²) in [5.74, 6) is 1.32. The van der Waals surface area contributed by atoms with Crippen molar-refractivity contribution in [2.24, 2.45) is 5.92 Å². The molecule has 4 N–H and O–H groups in total. The Morgan fingerprint density at radius 2 is 1.75 bits per heavy atom. The predicted molar refractivity (Wildman–Crippen MR) is 210 cm³/mol. The van der Waals surface area contributed by atoms with E-state index in [9.17, 15) is 19.2 Å². The molecule has 14 nitrogen and oxygen atoms in total. The second-order valence-electron chi connectivity index (χ2n) is 14.3. The standard InChI is InChI=1S/C41H46N8O6/c1-6-15-48(40(52)37(42-4)23(2)3)22-34-43-19-29(46-34)25-9-12-27-24(17-25)10-14-33-36(27)38(51)28-18-26(11-13-32(28)55-33)30-20-44-39(47-30)31-8-7-16-49(31)35(50)21-45-41(53)54-5/h9-14,17-20,23,31,37,42H,6-8,15-16,21-22H2,1-5H3,(H,43,46)(H,44,47)(H,45,53)/t31-,37-/m0/s1. The van der Waals surface area contributed by atoms with Crippen LogP contribution in [0.5, 0.6) is 0 Å². The van der Waals surface area contributed by atoms with Crippen molar-refractivity contribution in [2.75, 3.05) is 33.8 Å². The molecule has 0 aliphatic carbocycles. The quantitative estimate of drug-likeness (QED) is 0.0879. The predicted octanol–water partition coefficient (Wildman–Crippen LogP) is 5.88. The molecule has 6 aromatic rings. The van der Waals surface area contributed by atoms with Gasteiger partial charge >= 0.3 is 6.09 Å². The van der Waals surface area contributed by atoms with E-state index in [1.807, 2.05) is 68.3 Å². The van der Waals surface area contributed by atoms with Crippen molar-refractivity contribution in [3.63, 3.8) is 0 Å². The summed E-state index contributed by atoms with van der Waals surface area (Å²) in [5.41, 5.74) is 3.99. The molecule has 0 spiro atoms. The van der Waals surface area contributed by atoms with E-state index < -0.39 is 6.09 Å². The Kier molecular flexibility index (Phi) is 10.7. The minimum absolute atomic E-state index is 0.0549. The Hall–Kier alpha value is -6.02. The molecule has 14 heteroatoms. The number of alkyl carbamates (subject to hydrolysis) is 1. The number of amides is 3. The van der Waals surface area contributed by atoms with Gasteiger partial charge in [-0.05, 0) is 73.3 Å². The van der Waals surface area contributed by atoms with E-state index in [0.717, 1.165) is 46.9 Å². The molecular formula is C41H46N8O6. The van der Waals surface area contributed by atoms with Crippen LogP contribution in [-0.2, 0) is 20.9 Å². The van der Waals surface area contributed by atoms with Gasteiger partial charge in [-0.25, -0.2) is 14.8 Å². The van der Waals surface area contributed by atoms with Gasteiger partial charge in [0.05, 0.1) is 60.3 Å². The van der Waals surface area contributed by atoms with Crippen LogP contribution in [0.4, 0.5) is 4.79 Å². The van der Waals surface area contributed by atoms with Gasteiger partial charge < -0.3 is 39.6 Å². The van der Waals surface area contributed by atoms with Crippen LogP contribution >= 0.6 is 0 Å². The van der Waals surface area contributed by atoms with Crippen LogP contribution in [0.3, 0.4) is 0 Å². The minimum Gasteiger partial charge on any atom is -0.456 e. The molecule has 1 saturated heterocycles. The maximum absolute atomic E-state index is 14.2. The lowest BCUT2D eigenvalue weighted by Crippen LogP contribution is -2.48. The molecule has 1 aliphatic heterocycles. The number of hydrogen-bond donors (Lipinski definition) is 4. The van der Waals surface area contributed by atoms with Gasteiger partial charge in [0.2, 0.25) is 17.2 Å². The normalized spacial score (nSPS) is 14.9. The van der Waals surface area contributed by atoms with Crippen molar-refractivity contribution in [1.29, 1.82) is 0 Å². The zero-order valence-electron chi connectivity index (χ0n) is 31.7. The number of aromatic amines is 2. The number of imidazole rings is 2. The number of ether oxygens (including phenoxy) is 1. The Balaban J connectivity index is 1.15. The number of rotatable bonds is 12. The van der Waals surface area contributed by atoms with Crippen molar-refractivity contribution in [3.8, 4) is 22.5 Å². The highest BCUT2D eigenvalue weighted by molar-refractivity contribution is 6.09. The van der Waals surface area contributed by atoms with Crippen LogP contribution in [-0.4, -0.2) is 87.5 Å². The molecule has 3 aromatic carbocycles. The molecule has 4 heterocycles. The molecule has 286 valence electrons. The highest BCUT2D eigenvalue weighted by atomic mass is 16.5. The number of carbonyl (C=O) groups is 3. The molecule has 3 amide bonds. The van der Waals surface area contributed by atoms with Gasteiger partial charge in [0.15, 0.2) is 0 Å². The van der Waals surface area contributed by atoms with Crippen LogP contribution in [0.1, 0.15) is 57.7 Å². The highest BCUT2D eigenvalue weighted by Gasteiger charge is 2.32. The van der Waals surface area contributed by atoms with E-state index >= 15 is 0 Å². The second-order valence-corrected chi connectivity index (χ2v) is 14.3. The molecule has 1 aliphatic rings. The lowest BCUT2D eigenvalue weighted by Gasteiger charge is -2.28. The molecule has 0 radical (unpaired) electrons. The largest absolute Gasteiger partial charge is 0.456 e. The van der Waals surface area contributed by atoms with E-state index in [-0.39, 0.29) is 41.8 Å². The van der Waals surface area contributed by atoms with Gasteiger partial charge in [0.1, 0.15) is 29.4 Å². The lowest BCUT2D eigenvalue weighted by molar-refractivity contribution is -0.135. The molecule has 55 heavy (non-hydrogen) atoms. The Bertz CT molecular complexity index is 2450. The SMILES string of the molecule is CCCN(Cc1ncc(-c2ccc3c(ccc4oc5ccc(-c6cnc([C@@H]7CCCN7C(=O)CNC(=O)OC)[nH]6)cc5c(=O)c43)c2)[nH]1)C(=O)[C@@H](NC)C(C)C. The summed E-state index contributed by atoms with van der Waals surface area (Å²) in [4.78, 5) is 71.4. The van der Waals surface area contributed by atoms with E-state index in [4.69, 9.17) is 4.42 Å². The first-order chi connectivity index (χ1) is 26.6.